The summed E-state index contributed by atoms with van der Waals surface area (Å²) >= 11 is 6.05. The lowest BCUT2D eigenvalue weighted by molar-refractivity contribution is -0.140. The molecule has 0 aromatic heterocycles. The first-order valence-corrected chi connectivity index (χ1v) is 14.7. The molecule has 0 fully saturated rings. The van der Waals surface area contributed by atoms with E-state index in [1.165, 1.54) is 84.8 Å². The summed E-state index contributed by atoms with van der Waals surface area (Å²) in [5, 5.41) is 3.22. The van der Waals surface area contributed by atoms with Gasteiger partial charge in [0.05, 0.1) is 17.7 Å². The molecule has 214 valence electrons. The molecule has 11 heteroatoms. The summed E-state index contributed by atoms with van der Waals surface area (Å²) in [5.74, 6) is -0.915. The molecule has 0 saturated heterocycles. The van der Waals surface area contributed by atoms with Gasteiger partial charge in [-0.05, 0) is 79.1 Å². The molecule has 0 heterocycles. The molecule has 3 rings (SSSR count). The number of hydrogen-bond acceptors (Lipinski definition) is 5. The smallest absolute Gasteiger partial charge is 0.264 e. The molecule has 0 aliphatic rings. The van der Waals surface area contributed by atoms with E-state index in [2.05, 4.69) is 5.32 Å². The number of hydrogen-bond donors (Lipinski definition) is 1. The Bertz CT molecular complexity index is 1380. The lowest BCUT2D eigenvalue weighted by Crippen LogP contribution is -2.52. The summed E-state index contributed by atoms with van der Waals surface area (Å²) in [7, 11) is -2.76. The highest BCUT2D eigenvalue weighted by atomic mass is 35.5. The normalized spacial score (nSPS) is 11.9. The number of methoxy groups -OCH3 is 1. The van der Waals surface area contributed by atoms with Crippen LogP contribution in [-0.2, 0) is 26.2 Å². The molecule has 40 heavy (non-hydrogen) atoms. The fraction of sp³-hybridized carbons (Fsp3) is 0.310. The number of ether oxygens (including phenoxy) is 1. The van der Waals surface area contributed by atoms with Crippen LogP contribution in [0.25, 0.3) is 0 Å². The number of carbonyl (C=O) groups excluding carboxylic acids is 2. The van der Waals surface area contributed by atoms with Crippen molar-refractivity contribution in [1.29, 1.82) is 0 Å². The van der Waals surface area contributed by atoms with Gasteiger partial charge in [0.2, 0.25) is 11.8 Å². The van der Waals surface area contributed by atoms with E-state index in [1.54, 1.807) is 6.92 Å². The van der Waals surface area contributed by atoms with Crippen molar-refractivity contribution >= 4 is 39.1 Å². The number of anilines is 1. The Labute approximate surface area is 239 Å². The van der Waals surface area contributed by atoms with Crippen LogP contribution in [0.5, 0.6) is 5.75 Å². The average molecular weight is 590 g/mol. The molecule has 8 nitrogen and oxygen atoms in total. The molecule has 3 aromatic carbocycles. The van der Waals surface area contributed by atoms with Crippen molar-refractivity contribution in [2.45, 2.75) is 44.2 Å². The topological polar surface area (TPSA) is 96.0 Å². The largest absolute Gasteiger partial charge is 0.497 e. The second-order valence-electron chi connectivity index (χ2n) is 9.03. The number of sulfonamides is 1. The van der Waals surface area contributed by atoms with Gasteiger partial charge in [-0.1, -0.05) is 37.6 Å². The Kier molecular flexibility index (Phi) is 10.9. The molecule has 0 bridgehead atoms. The first-order valence-electron chi connectivity index (χ1n) is 12.8. The van der Waals surface area contributed by atoms with Crippen LogP contribution in [0, 0.1) is 5.82 Å². The van der Waals surface area contributed by atoms with Crippen molar-refractivity contribution in [1.82, 2.24) is 10.2 Å². The summed E-state index contributed by atoms with van der Waals surface area (Å²) in [4.78, 5) is 28.3. The Hall–Kier alpha value is -3.63. The highest BCUT2D eigenvalue weighted by Crippen LogP contribution is 2.27. The predicted molar refractivity (Wildman–Crippen MR) is 153 cm³/mol. The second-order valence-corrected chi connectivity index (χ2v) is 11.3. The number of nitrogens with zero attached hydrogens (tertiary/aromatic N) is 2. The molecule has 0 unspecified atom stereocenters. The number of amides is 2. The van der Waals surface area contributed by atoms with Crippen LogP contribution in [0.4, 0.5) is 10.1 Å². The summed E-state index contributed by atoms with van der Waals surface area (Å²) in [6.07, 6.45) is 0.993. The van der Waals surface area contributed by atoms with Crippen molar-refractivity contribution in [3.8, 4) is 5.75 Å². The fourth-order valence-electron chi connectivity index (χ4n) is 4.08. The van der Waals surface area contributed by atoms with Gasteiger partial charge in [-0.15, -0.1) is 0 Å². The van der Waals surface area contributed by atoms with Crippen LogP contribution >= 0.6 is 11.6 Å². The third kappa shape index (κ3) is 7.73. The van der Waals surface area contributed by atoms with E-state index >= 15 is 0 Å². The van der Waals surface area contributed by atoms with Crippen molar-refractivity contribution in [3.05, 3.63) is 89.2 Å². The van der Waals surface area contributed by atoms with Crippen molar-refractivity contribution in [2.75, 3.05) is 24.5 Å². The lowest BCUT2D eigenvalue weighted by atomic mass is 10.1. The van der Waals surface area contributed by atoms with Crippen molar-refractivity contribution in [3.63, 3.8) is 0 Å². The molecule has 0 aliphatic carbocycles. The summed E-state index contributed by atoms with van der Waals surface area (Å²) < 4.78 is 47.4. The zero-order valence-corrected chi connectivity index (χ0v) is 24.2. The summed E-state index contributed by atoms with van der Waals surface area (Å²) in [5.41, 5.74) is 0.811. The molecular weight excluding hydrogens is 557 g/mol. The molecule has 0 radical (unpaired) electrons. The van der Waals surface area contributed by atoms with Gasteiger partial charge in [-0.25, -0.2) is 12.8 Å². The SMILES string of the molecule is CCCNC(=O)[C@@H](CC)N(Cc1ccc(F)cc1)C(=O)CN(c1ccc(Cl)cc1)S(=O)(=O)c1ccc(OC)cc1. The minimum Gasteiger partial charge on any atom is -0.497 e. The van der Waals surface area contributed by atoms with Crippen LogP contribution in [-0.4, -0.2) is 51.4 Å². The van der Waals surface area contributed by atoms with Crippen LogP contribution in [0.15, 0.2) is 77.7 Å². The highest BCUT2D eigenvalue weighted by Gasteiger charge is 2.33. The van der Waals surface area contributed by atoms with Crippen LogP contribution in [0.1, 0.15) is 32.3 Å². The summed E-state index contributed by atoms with van der Waals surface area (Å²) in [6, 6.07) is 16.6. The van der Waals surface area contributed by atoms with Gasteiger partial charge in [-0.3, -0.25) is 13.9 Å². The van der Waals surface area contributed by atoms with Gasteiger partial charge < -0.3 is 15.0 Å². The monoisotopic (exact) mass is 589 g/mol. The highest BCUT2D eigenvalue weighted by molar-refractivity contribution is 7.92. The Morgan fingerprint density at radius 2 is 1.60 bits per heavy atom. The third-order valence-corrected chi connectivity index (χ3v) is 8.28. The molecule has 0 aliphatic heterocycles. The molecular formula is C29H33ClFN3O5S. The lowest BCUT2D eigenvalue weighted by Gasteiger charge is -2.33. The number of nitrogens with one attached hydrogen (secondary N) is 1. The van der Waals surface area contributed by atoms with E-state index in [1.807, 2.05) is 6.92 Å². The zero-order chi connectivity index (χ0) is 29.3. The first kappa shape index (κ1) is 30.9. The zero-order valence-electron chi connectivity index (χ0n) is 22.6. The maximum absolute atomic E-state index is 13.9. The maximum Gasteiger partial charge on any atom is 0.264 e. The van der Waals surface area contributed by atoms with Gasteiger partial charge in [-0.2, -0.15) is 0 Å². The van der Waals surface area contributed by atoms with E-state index < -0.39 is 34.3 Å². The molecule has 3 aromatic rings. The quantitative estimate of drug-likeness (QED) is 0.302. The van der Waals surface area contributed by atoms with Crippen molar-refractivity contribution in [2.24, 2.45) is 0 Å². The van der Waals surface area contributed by atoms with Crippen LogP contribution in [0.2, 0.25) is 5.02 Å². The van der Waals surface area contributed by atoms with Gasteiger partial charge >= 0.3 is 0 Å². The third-order valence-electron chi connectivity index (χ3n) is 6.24. The fourth-order valence-corrected chi connectivity index (χ4v) is 5.62. The Balaban J connectivity index is 2.04. The van der Waals surface area contributed by atoms with E-state index in [9.17, 15) is 22.4 Å². The van der Waals surface area contributed by atoms with E-state index in [-0.39, 0.29) is 29.5 Å². The van der Waals surface area contributed by atoms with Gasteiger partial charge in [0.1, 0.15) is 24.2 Å². The average Bonchev–Trinajstić information content (AvgIpc) is 2.96. The molecule has 1 N–H and O–H groups in total. The Morgan fingerprint density at radius 1 is 0.975 bits per heavy atom. The van der Waals surface area contributed by atoms with E-state index in [4.69, 9.17) is 16.3 Å². The number of halogens is 2. The molecule has 0 saturated carbocycles. The van der Waals surface area contributed by atoms with E-state index in [0.717, 1.165) is 4.31 Å². The Morgan fingerprint density at radius 3 is 2.15 bits per heavy atom. The van der Waals surface area contributed by atoms with Crippen LogP contribution < -0.4 is 14.4 Å². The van der Waals surface area contributed by atoms with Crippen molar-refractivity contribution < 1.29 is 27.1 Å². The molecule has 2 amide bonds. The number of rotatable bonds is 13. The minimum absolute atomic E-state index is 0.0196. The van der Waals surface area contributed by atoms with Gasteiger partial charge in [0, 0.05) is 18.1 Å². The first-order chi connectivity index (χ1) is 19.1. The standard InChI is InChI=1S/C29H33ClFN3O5S/c1-4-18-32-29(36)27(5-2)33(19-21-6-10-23(31)11-7-21)28(35)20-34(24-12-8-22(30)9-13-24)40(37,38)26-16-14-25(39-3)15-17-26/h6-17,27H,4-5,18-20H2,1-3H3,(H,32,36)/t27-/m1/s1. The van der Waals surface area contributed by atoms with Gasteiger partial charge in [0.25, 0.3) is 10.0 Å². The predicted octanol–water partition coefficient (Wildman–Crippen LogP) is 5.02. The van der Waals surface area contributed by atoms with Crippen LogP contribution in [0.3, 0.4) is 0 Å². The maximum atomic E-state index is 13.9. The number of benzene rings is 3. The van der Waals surface area contributed by atoms with E-state index in [0.29, 0.717) is 29.3 Å². The minimum atomic E-state index is -4.23. The molecule has 0 spiro atoms. The van der Waals surface area contributed by atoms with Gasteiger partial charge in [0.15, 0.2) is 0 Å². The molecule has 1 atom stereocenters. The summed E-state index contributed by atoms with van der Waals surface area (Å²) in [6.45, 7) is 3.50. The second kappa shape index (κ2) is 14.1. The number of carbonyl (C=O) groups is 2.